The molecule has 0 bridgehead atoms. The number of hydrogen-bond acceptors (Lipinski definition) is 4. The van der Waals surface area contributed by atoms with Crippen LogP contribution in [-0.4, -0.2) is 34.5 Å². The van der Waals surface area contributed by atoms with Gasteiger partial charge in [-0.1, -0.05) is 27.2 Å². The van der Waals surface area contributed by atoms with Crippen LogP contribution in [0.25, 0.3) is 0 Å². The van der Waals surface area contributed by atoms with Gasteiger partial charge in [0.2, 0.25) is 0 Å². The first-order valence-corrected chi connectivity index (χ1v) is 7.02. The van der Waals surface area contributed by atoms with Crippen LogP contribution >= 0.6 is 0 Å². The zero-order chi connectivity index (χ0) is 14.1. The van der Waals surface area contributed by atoms with Crippen LogP contribution in [0.3, 0.4) is 0 Å². The predicted molar refractivity (Wildman–Crippen MR) is 69.2 cm³/mol. The summed E-state index contributed by atoms with van der Waals surface area (Å²) in [6.45, 7) is 6.29. The minimum absolute atomic E-state index is 0.0213. The molecule has 1 saturated carbocycles. The second-order valence-corrected chi connectivity index (χ2v) is 7.24. The summed E-state index contributed by atoms with van der Waals surface area (Å²) in [5.74, 6) is -0.540. The molecule has 2 N–H and O–H groups in total. The highest BCUT2D eigenvalue weighted by Crippen LogP contribution is 2.62. The summed E-state index contributed by atoms with van der Waals surface area (Å²) < 4.78 is 5.07. The summed E-state index contributed by atoms with van der Waals surface area (Å²) in [5.41, 5.74) is -1.55. The highest BCUT2D eigenvalue weighted by atomic mass is 16.6. The van der Waals surface area contributed by atoms with E-state index in [-0.39, 0.29) is 23.5 Å². The first kappa shape index (κ1) is 13.1. The normalized spacial score (nSPS) is 48.1. The number of hydrogen-bond donors (Lipinski definition) is 2. The van der Waals surface area contributed by atoms with Gasteiger partial charge in [-0.15, -0.1) is 0 Å². The quantitative estimate of drug-likeness (QED) is 0.651. The summed E-state index contributed by atoms with van der Waals surface area (Å²) >= 11 is 0. The van der Waals surface area contributed by atoms with E-state index in [1.807, 2.05) is 6.92 Å². The van der Waals surface area contributed by atoms with Gasteiger partial charge in [0.05, 0.1) is 11.7 Å². The van der Waals surface area contributed by atoms with Crippen molar-refractivity contribution in [3.05, 3.63) is 11.6 Å². The Morgan fingerprint density at radius 3 is 2.68 bits per heavy atom. The van der Waals surface area contributed by atoms with E-state index in [0.717, 1.165) is 19.3 Å². The van der Waals surface area contributed by atoms with Gasteiger partial charge in [-0.05, 0) is 24.3 Å². The number of carbonyl (C=O) groups is 1. The lowest BCUT2D eigenvalue weighted by Gasteiger charge is -2.59. The molecule has 3 rings (SSSR count). The lowest BCUT2D eigenvalue weighted by atomic mass is 9.46. The van der Waals surface area contributed by atoms with E-state index in [1.54, 1.807) is 0 Å². The molecule has 0 aromatic heterocycles. The molecule has 0 amide bonds. The van der Waals surface area contributed by atoms with Gasteiger partial charge in [0.15, 0.2) is 0 Å². The smallest absolute Gasteiger partial charge is 0.336 e. The van der Waals surface area contributed by atoms with Crippen LogP contribution in [0, 0.1) is 16.7 Å². The minimum Gasteiger partial charge on any atom is -0.459 e. The Kier molecular flexibility index (Phi) is 2.50. The van der Waals surface area contributed by atoms with Gasteiger partial charge in [-0.25, -0.2) is 4.79 Å². The molecule has 0 spiro atoms. The number of aliphatic hydroxyl groups is 2. The van der Waals surface area contributed by atoms with Crippen LogP contribution in [0.4, 0.5) is 0 Å². The van der Waals surface area contributed by atoms with Crippen molar-refractivity contribution in [2.75, 3.05) is 6.61 Å². The Hall–Kier alpha value is -0.870. The molecule has 1 aliphatic heterocycles. The van der Waals surface area contributed by atoms with Gasteiger partial charge in [-0.3, -0.25) is 0 Å². The maximum absolute atomic E-state index is 11.8. The van der Waals surface area contributed by atoms with E-state index in [2.05, 4.69) is 13.8 Å². The molecule has 0 aromatic rings. The molecule has 0 unspecified atom stereocenters. The van der Waals surface area contributed by atoms with Crippen LogP contribution in [0.5, 0.6) is 0 Å². The molecular formula is C15H22O4. The third kappa shape index (κ3) is 1.44. The molecule has 1 saturated heterocycles. The van der Waals surface area contributed by atoms with Crippen LogP contribution in [0.2, 0.25) is 0 Å². The van der Waals surface area contributed by atoms with Crippen LogP contribution in [0.1, 0.15) is 40.0 Å². The molecule has 4 heteroatoms. The van der Waals surface area contributed by atoms with E-state index in [0.29, 0.717) is 0 Å². The van der Waals surface area contributed by atoms with Gasteiger partial charge < -0.3 is 14.9 Å². The van der Waals surface area contributed by atoms with Crippen molar-refractivity contribution in [2.24, 2.45) is 16.7 Å². The second kappa shape index (κ2) is 3.61. The minimum atomic E-state index is -1.24. The second-order valence-electron chi connectivity index (χ2n) is 7.24. The fourth-order valence-corrected chi connectivity index (χ4v) is 4.83. The highest BCUT2D eigenvalue weighted by molar-refractivity contribution is 5.94. The summed E-state index contributed by atoms with van der Waals surface area (Å²) in [6.07, 6.45) is 3.66. The Labute approximate surface area is 113 Å². The van der Waals surface area contributed by atoms with Crippen molar-refractivity contribution in [2.45, 2.75) is 51.7 Å². The summed E-state index contributed by atoms with van der Waals surface area (Å²) in [7, 11) is 0. The van der Waals surface area contributed by atoms with Crippen molar-refractivity contribution in [3.8, 4) is 0 Å². The third-order valence-corrected chi connectivity index (χ3v) is 5.75. The van der Waals surface area contributed by atoms with Crippen LogP contribution in [0.15, 0.2) is 11.6 Å². The Morgan fingerprint density at radius 2 is 2.00 bits per heavy atom. The van der Waals surface area contributed by atoms with Crippen molar-refractivity contribution in [1.29, 1.82) is 0 Å². The average Bonchev–Trinajstić information content (AvgIpc) is 2.57. The van der Waals surface area contributed by atoms with Gasteiger partial charge in [-0.2, -0.15) is 0 Å². The number of esters is 1. The molecule has 2 aliphatic carbocycles. The van der Waals surface area contributed by atoms with Crippen LogP contribution in [-0.2, 0) is 9.53 Å². The van der Waals surface area contributed by atoms with Crippen molar-refractivity contribution >= 4 is 5.97 Å². The molecule has 1 heterocycles. The van der Waals surface area contributed by atoms with Gasteiger partial charge in [0, 0.05) is 11.3 Å². The number of rotatable bonds is 0. The molecule has 3 aliphatic rings. The Balaban J connectivity index is 2.18. The fraction of sp³-hybridized carbons (Fsp3) is 0.800. The van der Waals surface area contributed by atoms with E-state index in [4.69, 9.17) is 4.74 Å². The molecular weight excluding hydrogens is 244 g/mol. The number of ether oxygens (including phenoxy) is 1. The van der Waals surface area contributed by atoms with E-state index in [9.17, 15) is 15.0 Å². The highest BCUT2D eigenvalue weighted by Gasteiger charge is 2.66. The first-order valence-electron chi connectivity index (χ1n) is 7.02. The Morgan fingerprint density at radius 1 is 1.32 bits per heavy atom. The van der Waals surface area contributed by atoms with E-state index in [1.165, 1.54) is 6.08 Å². The number of cyclic esters (lactones) is 1. The zero-order valence-corrected chi connectivity index (χ0v) is 11.8. The van der Waals surface area contributed by atoms with Crippen molar-refractivity contribution in [3.63, 3.8) is 0 Å². The predicted octanol–water partition coefficient (Wildman–Crippen LogP) is 1.41. The fourth-order valence-electron chi connectivity index (χ4n) is 4.83. The first-order chi connectivity index (χ1) is 8.72. The maximum atomic E-state index is 11.8. The molecule has 0 radical (unpaired) electrons. The maximum Gasteiger partial charge on any atom is 0.336 e. The number of aliphatic hydroxyl groups excluding tert-OH is 1. The molecule has 2 fully saturated rings. The number of carbonyl (C=O) groups excluding carboxylic acids is 1. The standard InChI is InChI=1S/C15H22O4/c1-13(2)5-4-6-14(3)11(13)10(16)7-9-12(17)19-8-15(9,14)18/h7,10-11,16,18H,4-6,8H2,1-3H3/t10-,11+,14+,15+/m1/s1. The largest absolute Gasteiger partial charge is 0.459 e. The topological polar surface area (TPSA) is 66.8 Å². The van der Waals surface area contributed by atoms with Gasteiger partial charge in [0.1, 0.15) is 12.2 Å². The van der Waals surface area contributed by atoms with E-state index < -0.39 is 23.1 Å². The molecule has 106 valence electrons. The summed E-state index contributed by atoms with van der Waals surface area (Å²) in [5, 5.41) is 21.5. The van der Waals surface area contributed by atoms with Crippen molar-refractivity contribution in [1.82, 2.24) is 0 Å². The van der Waals surface area contributed by atoms with Gasteiger partial charge in [0.25, 0.3) is 0 Å². The van der Waals surface area contributed by atoms with Crippen LogP contribution < -0.4 is 0 Å². The monoisotopic (exact) mass is 266 g/mol. The molecule has 0 aromatic carbocycles. The molecule has 19 heavy (non-hydrogen) atoms. The average molecular weight is 266 g/mol. The SMILES string of the molecule is CC1(C)CCC[C@@]2(C)[C@H]1[C@H](O)C=C1C(=O)OC[C@]12O. The lowest BCUT2D eigenvalue weighted by molar-refractivity contribution is -0.172. The summed E-state index contributed by atoms with van der Waals surface area (Å²) in [4.78, 5) is 11.8. The zero-order valence-electron chi connectivity index (χ0n) is 11.8. The van der Waals surface area contributed by atoms with E-state index >= 15 is 0 Å². The molecule has 4 atom stereocenters. The lowest BCUT2D eigenvalue weighted by Crippen LogP contribution is -2.63. The third-order valence-electron chi connectivity index (χ3n) is 5.75. The Bertz CT molecular complexity index is 467. The van der Waals surface area contributed by atoms with Gasteiger partial charge >= 0.3 is 5.97 Å². The number of fused-ring (bicyclic) bond motifs is 3. The summed E-state index contributed by atoms with van der Waals surface area (Å²) in [6, 6.07) is 0. The molecule has 4 nitrogen and oxygen atoms in total. The van der Waals surface area contributed by atoms with Crippen molar-refractivity contribution < 1.29 is 19.7 Å².